The number of hydrogen-bond donors (Lipinski definition) is 2. The Morgan fingerprint density at radius 3 is 2.50 bits per heavy atom. The predicted molar refractivity (Wildman–Crippen MR) is 94.0 cm³/mol. The van der Waals surface area contributed by atoms with Crippen LogP contribution in [-0.2, 0) is 0 Å². The number of rotatable bonds is 3. The molecule has 132 valence electrons. The maximum absolute atomic E-state index is 12.4. The number of piperidine rings is 2. The topological polar surface area (TPSA) is 68.7 Å². The van der Waals surface area contributed by atoms with E-state index in [9.17, 15) is 9.90 Å². The summed E-state index contributed by atoms with van der Waals surface area (Å²) in [6.07, 6.45) is 5.23. The summed E-state index contributed by atoms with van der Waals surface area (Å²) in [6.45, 7) is 5.18. The number of aromatic nitrogens is 1. The van der Waals surface area contributed by atoms with E-state index >= 15 is 0 Å². The zero-order valence-electron chi connectivity index (χ0n) is 14.4. The molecular formula is C18H28N4O2. The Kier molecular flexibility index (Phi) is 5.56. The van der Waals surface area contributed by atoms with Crippen LogP contribution in [0, 0.1) is 5.92 Å². The summed E-state index contributed by atoms with van der Waals surface area (Å²) >= 11 is 0. The van der Waals surface area contributed by atoms with E-state index in [1.807, 2.05) is 36.2 Å². The fourth-order valence-electron chi connectivity index (χ4n) is 3.64. The second-order valence-electron chi connectivity index (χ2n) is 6.96. The van der Waals surface area contributed by atoms with Gasteiger partial charge in [0.15, 0.2) is 0 Å². The van der Waals surface area contributed by atoms with Gasteiger partial charge >= 0.3 is 6.03 Å². The molecule has 1 aromatic rings. The minimum Gasteiger partial charge on any atom is -0.393 e. The summed E-state index contributed by atoms with van der Waals surface area (Å²) in [4.78, 5) is 21.0. The molecule has 2 amide bonds. The summed E-state index contributed by atoms with van der Waals surface area (Å²) in [5, 5.41) is 12.8. The molecule has 6 nitrogen and oxygen atoms in total. The van der Waals surface area contributed by atoms with E-state index in [1.54, 1.807) is 0 Å². The van der Waals surface area contributed by atoms with Crippen molar-refractivity contribution in [3.8, 4) is 0 Å². The van der Waals surface area contributed by atoms with Gasteiger partial charge in [-0.2, -0.15) is 0 Å². The fourth-order valence-corrected chi connectivity index (χ4v) is 3.64. The summed E-state index contributed by atoms with van der Waals surface area (Å²) in [5.41, 5.74) is 0. The van der Waals surface area contributed by atoms with Crippen molar-refractivity contribution >= 4 is 11.8 Å². The van der Waals surface area contributed by atoms with E-state index in [2.05, 4.69) is 15.2 Å². The van der Waals surface area contributed by atoms with Crippen molar-refractivity contribution in [1.82, 2.24) is 15.2 Å². The molecule has 0 radical (unpaired) electrons. The minimum absolute atomic E-state index is 0.0512. The average Bonchev–Trinajstić information content (AvgIpc) is 2.63. The molecular weight excluding hydrogens is 304 g/mol. The van der Waals surface area contributed by atoms with Crippen LogP contribution in [0.2, 0.25) is 0 Å². The SMILES string of the molecule is CC(O)C1CCN(C(=O)NC2CCN(c3ccccn3)CC2)CC1. The molecule has 0 bridgehead atoms. The normalized spacial score (nSPS) is 21.6. The van der Waals surface area contributed by atoms with Gasteiger partial charge in [0, 0.05) is 38.4 Å². The van der Waals surface area contributed by atoms with Crippen molar-refractivity contribution in [1.29, 1.82) is 0 Å². The van der Waals surface area contributed by atoms with Gasteiger partial charge < -0.3 is 20.2 Å². The molecule has 2 aliphatic heterocycles. The van der Waals surface area contributed by atoms with Crippen LogP contribution in [0.4, 0.5) is 10.6 Å². The molecule has 3 rings (SSSR count). The first-order valence-corrected chi connectivity index (χ1v) is 9.03. The standard InChI is InChI=1S/C18H28N4O2/c1-14(23)15-5-10-22(11-6-15)18(24)20-16-7-12-21(13-8-16)17-4-2-3-9-19-17/h2-4,9,14-16,23H,5-8,10-13H2,1H3,(H,20,24). The maximum Gasteiger partial charge on any atom is 0.317 e. The van der Waals surface area contributed by atoms with Crippen LogP contribution in [-0.4, -0.2) is 59.3 Å². The average molecular weight is 332 g/mol. The molecule has 2 fully saturated rings. The molecule has 0 aromatic carbocycles. The van der Waals surface area contributed by atoms with Gasteiger partial charge in [-0.1, -0.05) is 6.07 Å². The third-order valence-corrected chi connectivity index (χ3v) is 5.30. The van der Waals surface area contributed by atoms with Crippen LogP contribution in [0.25, 0.3) is 0 Å². The lowest BCUT2D eigenvalue weighted by atomic mass is 9.92. The number of pyridine rings is 1. The van der Waals surface area contributed by atoms with Crippen molar-refractivity contribution in [2.24, 2.45) is 5.92 Å². The van der Waals surface area contributed by atoms with Crippen molar-refractivity contribution in [2.45, 2.75) is 44.8 Å². The van der Waals surface area contributed by atoms with Crippen molar-refractivity contribution in [2.75, 3.05) is 31.1 Å². The first kappa shape index (κ1) is 17.0. The highest BCUT2D eigenvalue weighted by Crippen LogP contribution is 2.21. The van der Waals surface area contributed by atoms with Gasteiger partial charge in [0.05, 0.1) is 6.10 Å². The Hall–Kier alpha value is -1.82. The number of likely N-dealkylation sites (tertiary alicyclic amines) is 1. The number of nitrogens with one attached hydrogen (secondary N) is 1. The predicted octanol–water partition coefficient (Wildman–Crippen LogP) is 1.85. The van der Waals surface area contributed by atoms with Crippen LogP contribution in [0.15, 0.2) is 24.4 Å². The lowest BCUT2D eigenvalue weighted by Gasteiger charge is -2.36. The van der Waals surface area contributed by atoms with Crippen molar-refractivity contribution in [3.05, 3.63) is 24.4 Å². The Morgan fingerprint density at radius 1 is 1.21 bits per heavy atom. The molecule has 2 aliphatic rings. The first-order chi connectivity index (χ1) is 11.6. The third kappa shape index (κ3) is 4.17. The molecule has 24 heavy (non-hydrogen) atoms. The summed E-state index contributed by atoms with van der Waals surface area (Å²) in [7, 11) is 0. The number of urea groups is 1. The van der Waals surface area contributed by atoms with Crippen LogP contribution in [0.5, 0.6) is 0 Å². The fraction of sp³-hybridized carbons (Fsp3) is 0.667. The number of aliphatic hydroxyl groups excluding tert-OH is 1. The van der Waals surface area contributed by atoms with Crippen LogP contribution < -0.4 is 10.2 Å². The Morgan fingerprint density at radius 2 is 1.92 bits per heavy atom. The Labute approximate surface area is 143 Å². The summed E-state index contributed by atoms with van der Waals surface area (Å²) < 4.78 is 0. The van der Waals surface area contributed by atoms with Gasteiger partial charge in [-0.25, -0.2) is 9.78 Å². The largest absolute Gasteiger partial charge is 0.393 e. The van der Waals surface area contributed by atoms with Gasteiger partial charge in [0.2, 0.25) is 0 Å². The van der Waals surface area contributed by atoms with Gasteiger partial charge in [-0.05, 0) is 50.7 Å². The Balaban J connectivity index is 1.42. The minimum atomic E-state index is -0.272. The molecule has 1 unspecified atom stereocenters. The Bertz CT molecular complexity index is 521. The molecule has 0 aliphatic carbocycles. The summed E-state index contributed by atoms with van der Waals surface area (Å²) in [5.74, 6) is 1.35. The van der Waals surface area contributed by atoms with E-state index in [-0.39, 0.29) is 18.2 Å². The number of amides is 2. The van der Waals surface area contributed by atoms with Gasteiger partial charge in [-0.15, -0.1) is 0 Å². The van der Waals surface area contributed by atoms with E-state index in [4.69, 9.17) is 0 Å². The number of hydrogen-bond acceptors (Lipinski definition) is 4. The van der Waals surface area contributed by atoms with Crippen molar-refractivity contribution in [3.63, 3.8) is 0 Å². The molecule has 0 saturated carbocycles. The zero-order valence-corrected chi connectivity index (χ0v) is 14.4. The number of aliphatic hydroxyl groups is 1. The van der Waals surface area contributed by atoms with Crippen LogP contribution >= 0.6 is 0 Å². The second-order valence-corrected chi connectivity index (χ2v) is 6.96. The highest BCUT2D eigenvalue weighted by molar-refractivity contribution is 5.74. The first-order valence-electron chi connectivity index (χ1n) is 9.03. The van der Waals surface area contributed by atoms with Crippen LogP contribution in [0.3, 0.4) is 0 Å². The lowest BCUT2D eigenvalue weighted by Crippen LogP contribution is -2.51. The van der Waals surface area contributed by atoms with Crippen molar-refractivity contribution < 1.29 is 9.90 Å². The maximum atomic E-state index is 12.4. The van der Waals surface area contributed by atoms with Gasteiger partial charge in [0.25, 0.3) is 0 Å². The third-order valence-electron chi connectivity index (χ3n) is 5.30. The van der Waals surface area contributed by atoms with E-state index in [0.717, 1.165) is 57.7 Å². The molecule has 1 atom stereocenters. The number of anilines is 1. The highest BCUT2D eigenvalue weighted by atomic mass is 16.3. The van der Waals surface area contributed by atoms with Crippen LogP contribution in [0.1, 0.15) is 32.6 Å². The van der Waals surface area contributed by atoms with Gasteiger partial charge in [-0.3, -0.25) is 0 Å². The van der Waals surface area contributed by atoms with E-state index < -0.39 is 0 Å². The van der Waals surface area contributed by atoms with Gasteiger partial charge in [0.1, 0.15) is 5.82 Å². The van der Waals surface area contributed by atoms with E-state index in [1.165, 1.54) is 0 Å². The number of carbonyl (C=O) groups is 1. The zero-order chi connectivity index (χ0) is 16.9. The lowest BCUT2D eigenvalue weighted by molar-refractivity contribution is 0.0791. The number of nitrogens with zero attached hydrogens (tertiary/aromatic N) is 3. The monoisotopic (exact) mass is 332 g/mol. The smallest absolute Gasteiger partial charge is 0.317 e. The molecule has 6 heteroatoms. The molecule has 3 heterocycles. The number of carbonyl (C=O) groups excluding carboxylic acids is 1. The molecule has 1 aromatic heterocycles. The highest BCUT2D eigenvalue weighted by Gasteiger charge is 2.27. The molecule has 2 saturated heterocycles. The summed E-state index contributed by atoms with van der Waals surface area (Å²) in [6, 6.07) is 6.26. The molecule has 0 spiro atoms. The second kappa shape index (κ2) is 7.83. The molecule has 2 N–H and O–H groups in total. The quantitative estimate of drug-likeness (QED) is 0.886. The van der Waals surface area contributed by atoms with E-state index in [0.29, 0.717) is 5.92 Å².